The van der Waals surface area contributed by atoms with Gasteiger partial charge in [-0.3, -0.25) is 4.98 Å². The van der Waals surface area contributed by atoms with Gasteiger partial charge in [0.15, 0.2) is 0 Å². The first-order valence-electron chi connectivity index (χ1n) is 3.27. The molecule has 0 bridgehead atoms. The molecule has 0 saturated heterocycles. The zero-order chi connectivity index (χ0) is 9.14. The molecule has 1 rings (SSSR count). The highest BCUT2D eigenvalue weighted by molar-refractivity contribution is 6.35. The van der Waals surface area contributed by atoms with Gasteiger partial charge in [-0.25, -0.2) is 4.39 Å². The SMILES string of the molecule is N[C@@H](CF)c1c(Cl)cncc1Cl. The molecule has 0 aliphatic rings. The Labute approximate surface area is 79.5 Å². The second-order valence-corrected chi connectivity index (χ2v) is 3.09. The van der Waals surface area contributed by atoms with Crippen LogP contribution in [0.1, 0.15) is 11.6 Å². The predicted octanol–water partition coefficient (Wildman–Crippen LogP) is 2.36. The van der Waals surface area contributed by atoms with E-state index in [4.69, 9.17) is 28.9 Å². The molecular formula is C7H7Cl2FN2. The number of hydrogen-bond donors (Lipinski definition) is 1. The molecule has 66 valence electrons. The van der Waals surface area contributed by atoms with Crippen LogP contribution in [0.4, 0.5) is 4.39 Å². The Morgan fingerprint density at radius 1 is 1.42 bits per heavy atom. The predicted molar refractivity (Wildman–Crippen MR) is 47.2 cm³/mol. The van der Waals surface area contributed by atoms with Crippen molar-refractivity contribution in [3.63, 3.8) is 0 Å². The lowest BCUT2D eigenvalue weighted by molar-refractivity contribution is 0.437. The van der Waals surface area contributed by atoms with Gasteiger partial charge in [-0.05, 0) is 0 Å². The summed E-state index contributed by atoms with van der Waals surface area (Å²) in [4.78, 5) is 3.72. The van der Waals surface area contributed by atoms with Crippen LogP contribution in [0, 0.1) is 0 Å². The number of rotatable bonds is 2. The van der Waals surface area contributed by atoms with E-state index in [0.717, 1.165) is 0 Å². The van der Waals surface area contributed by atoms with Gasteiger partial charge in [-0.2, -0.15) is 0 Å². The molecule has 5 heteroatoms. The summed E-state index contributed by atoms with van der Waals surface area (Å²) in [6.45, 7) is -0.691. The van der Waals surface area contributed by atoms with Gasteiger partial charge in [-0.1, -0.05) is 23.2 Å². The minimum absolute atomic E-state index is 0.299. The van der Waals surface area contributed by atoms with E-state index < -0.39 is 12.7 Å². The van der Waals surface area contributed by atoms with E-state index in [-0.39, 0.29) is 0 Å². The van der Waals surface area contributed by atoms with E-state index in [0.29, 0.717) is 15.6 Å². The van der Waals surface area contributed by atoms with E-state index >= 15 is 0 Å². The molecule has 1 heterocycles. The summed E-state index contributed by atoms with van der Waals surface area (Å²) in [5.41, 5.74) is 5.84. The number of nitrogens with zero attached hydrogens (tertiary/aromatic N) is 1. The monoisotopic (exact) mass is 208 g/mol. The Morgan fingerprint density at radius 3 is 2.33 bits per heavy atom. The fourth-order valence-electron chi connectivity index (χ4n) is 0.853. The molecule has 0 radical (unpaired) electrons. The lowest BCUT2D eigenvalue weighted by Crippen LogP contribution is -2.13. The zero-order valence-electron chi connectivity index (χ0n) is 6.10. The highest BCUT2D eigenvalue weighted by Crippen LogP contribution is 2.27. The van der Waals surface area contributed by atoms with Crippen molar-refractivity contribution in [1.29, 1.82) is 0 Å². The van der Waals surface area contributed by atoms with Gasteiger partial charge < -0.3 is 5.73 Å². The van der Waals surface area contributed by atoms with Crippen molar-refractivity contribution in [2.75, 3.05) is 6.67 Å². The van der Waals surface area contributed by atoms with Crippen LogP contribution in [0.2, 0.25) is 10.0 Å². The second-order valence-electron chi connectivity index (χ2n) is 2.28. The van der Waals surface area contributed by atoms with E-state index in [1.54, 1.807) is 0 Å². The fourth-order valence-corrected chi connectivity index (χ4v) is 1.50. The molecule has 0 fully saturated rings. The first-order valence-corrected chi connectivity index (χ1v) is 4.03. The Morgan fingerprint density at radius 2 is 1.92 bits per heavy atom. The third-order valence-electron chi connectivity index (χ3n) is 1.43. The molecule has 0 aromatic carbocycles. The Bertz CT molecular complexity index is 260. The van der Waals surface area contributed by atoms with Crippen LogP contribution in [0.5, 0.6) is 0 Å². The number of nitrogens with two attached hydrogens (primary N) is 1. The molecule has 0 amide bonds. The summed E-state index contributed by atoms with van der Waals surface area (Å²) in [6, 6.07) is -0.770. The van der Waals surface area contributed by atoms with Crippen molar-refractivity contribution in [2.24, 2.45) is 5.73 Å². The van der Waals surface area contributed by atoms with Gasteiger partial charge in [0.2, 0.25) is 0 Å². The van der Waals surface area contributed by atoms with Crippen LogP contribution in [-0.2, 0) is 0 Å². The highest BCUT2D eigenvalue weighted by Gasteiger charge is 2.13. The van der Waals surface area contributed by atoms with Crippen molar-refractivity contribution in [3.8, 4) is 0 Å². The van der Waals surface area contributed by atoms with Crippen molar-refractivity contribution in [1.82, 2.24) is 4.98 Å². The van der Waals surface area contributed by atoms with Crippen molar-refractivity contribution in [3.05, 3.63) is 28.0 Å². The van der Waals surface area contributed by atoms with Gasteiger partial charge in [-0.15, -0.1) is 0 Å². The number of pyridine rings is 1. The Balaban J connectivity index is 3.12. The number of hydrogen-bond acceptors (Lipinski definition) is 2. The quantitative estimate of drug-likeness (QED) is 0.811. The minimum Gasteiger partial charge on any atom is -0.322 e. The van der Waals surface area contributed by atoms with Crippen molar-refractivity contribution < 1.29 is 4.39 Å². The van der Waals surface area contributed by atoms with E-state index in [1.807, 2.05) is 0 Å². The molecule has 1 atom stereocenters. The van der Waals surface area contributed by atoms with Crippen LogP contribution in [-0.4, -0.2) is 11.7 Å². The van der Waals surface area contributed by atoms with Gasteiger partial charge in [0, 0.05) is 18.0 Å². The fraction of sp³-hybridized carbons (Fsp3) is 0.286. The van der Waals surface area contributed by atoms with Crippen LogP contribution < -0.4 is 5.73 Å². The molecule has 2 nitrogen and oxygen atoms in total. The normalized spacial score (nSPS) is 13.0. The Hall–Kier alpha value is -0.380. The summed E-state index contributed by atoms with van der Waals surface area (Å²) >= 11 is 11.4. The van der Waals surface area contributed by atoms with Crippen LogP contribution in [0.3, 0.4) is 0 Å². The number of aromatic nitrogens is 1. The maximum absolute atomic E-state index is 12.2. The molecule has 0 spiro atoms. The topological polar surface area (TPSA) is 38.9 Å². The first-order chi connectivity index (χ1) is 5.66. The van der Waals surface area contributed by atoms with Crippen LogP contribution in [0.15, 0.2) is 12.4 Å². The van der Waals surface area contributed by atoms with Crippen molar-refractivity contribution >= 4 is 23.2 Å². The smallest absolute Gasteiger partial charge is 0.109 e. The summed E-state index contributed by atoms with van der Waals surface area (Å²) in [6.07, 6.45) is 2.77. The lowest BCUT2D eigenvalue weighted by atomic mass is 10.1. The molecule has 0 aliphatic carbocycles. The van der Waals surface area contributed by atoms with Crippen LogP contribution in [0.25, 0.3) is 0 Å². The number of alkyl halides is 1. The van der Waals surface area contributed by atoms with Crippen molar-refractivity contribution in [2.45, 2.75) is 6.04 Å². The maximum Gasteiger partial charge on any atom is 0.109 e. The highest BCUT2D eigenvalue weighted by atomic mass is 35.5. The number of halogens is 3. The first kappa shape index (κ1) is 9.71. The molecule has 0 saturated carbocycles. The largest absolute Gasteiger partial charge is 0.322 e. The van der Waals surface area contributed by atoms with Gasteiger partial charge in [0.1, 0.15) is 6.67 Å². The molecule has 0 unspecified atom stereocenters. The third-order valence-corrected chi connectivity index (χ3v) is 2.03. The molecule has 2 N–H and O–H groups in total. The zero-order valence-corrected chi connectivity index (χ0v) is 7.61. The molecule has 12 heavy (non-hydrogen) atoms. The summed E-state index contributed by atoms with van der Waals surface area (Å²) in [5.74, 6) is 0. The average molecular weight is 209 g/mol. The van der Waals surface area contributed by atoms with Gasteiger partial charge >= 0.3 is 0 Å². The molecular weight excluding hydrogens is 202 g/mol. The molecule has 0 aliphatic heterocycles. The summed E-state index contributed by atoms with van der Waals surface area (Å²) in [7, 11) is 0. The molecule has 1 aromatic rings. The van der Waals surface area contributed by atoms with Crippen LogP contribution >= 0.6 is 23.2 Å². The average Bonchev–Trinajstić information content (AvgIpc) is 2.03. The second kappa shape index (κ2) is 4.03. The van der Waals surface area contributed by atoms with E-state index in [1.165, 1.54) is 12.4 Å². The van der Waals surface area contributed by atoms with Gasteiger partial charge in [0.05, 0.1) is 16.1 Å². The Kier molecular flexibility index (Phi) is 3.26. The van der Waals surface area contributed by atoms with E-state index in [9.17, 15) is 4.39 Å². The maximum atomic E-state index is 12.2. The lowest BCUT2D eigenvalue weighted by Gasteiger charge is -2.10. The minimum atomic E-state index is -0.770. The standard InChI is InChI=1S/C7H7Cl2FN2/c8-4-2-12-3-5(9)7(4)6(11)1-10/h2-3,6H,1,11H2/t6-/m0/s1. The third kappa shape index (κ3) is 1.86. The molecule has 1 aromatic heterocycles. The summed E-state index contributed by atoms with van der Waals surface area (Å²) in [5, 5.41) is 0.598. The van der Waals surface area contributed by atoms with Gasteiger partial charge in [0.25, 0.3) is 0 Å². The van der Waals surface area contributed by atoms with E-state index in [2.05, 4.69) is 4.98 Å². The summed E-state index contributed by atoms with van der Waals surface area (Å²) < 4.78 is 12.2.